The molecule has 1 aliphatic heterocycles. The average molecular weight is 382 g/mol. The monoisotopic (exact) mass is 382 g/mol. The molecule has 1 saturated heterocycles. The number of aromatic nitrogens is 2. The van der Waals surface area contributed by atoms with E-state index in [2.05, 4.69) is 15.3 Å². The molecule has 0 aliphatic carbocycles. The number of carbonyl (C=O) groups excluding carboxylic acids is 2. The van der Waals surface area contributed by atoms with Gasteiger partial charge in [0.15, 0.2) is 0 Å². The van der Waals surface area contributed by atoms with Crippen molar-refractivity contribution in [2.45, 2.75) is 56.5 Å². The summed E-state index contributed by atoms with van der Waals surface area (Å²) in [5, 5.41) is 21.0. The average Bonchev–Trinajstić information content (AvgIpc) is 3.29. The van der Waals surface area contributed by atoms with Gasteiger partial charge >= 0.3 is 5.97 Å². The number of carboxylic acids is 1. The zero-order chi connectivity index (χ0) is 20.0. The molecule has 150 valence electrons. The van der Waals surface area contributed by atoms with Crippen LogP contribution in [0.4, 0.5) is 0 Å². The van der Waals surface area contributed by atoms with Gasteiger partial charge in [-0.3, -0.25) is 14.4 Å². The maximum absolute atomic E-state index is 13.0. The number of nitrogens with zero attached hydrogens (tertiary/aromatic N) is 2. The van der Waals surface area contributed by atoms with Gasteiger partial charge in [0.2, 0.25) is 11.8 Å². The summed E-state index contributed by atoms with van der Waals surface area (Å²) in [5.41, 5.74) is 11.9. The third kappa shape index (κ3) is 5.74. The van der Waals surface area contributed by atoms with E-state index in [1.54, 1.807) is 6.20 Å². The molecule has 0 aromatic carbocycles. The lowest BCUT2D eigenvalue weighted by Gasteiger charge is -2.30. The lowest BCUT2D eigenvalue weighted by molar-refractivity contribution is -0.140. The quantitative estimate of drug-likeness (QED) is 0.262. The first-order valence-electron chi connectivity index (χ1n) is 8.79. The van der Waals surface area contributed by atoms with E-state index in [1.807, 2.05) is 0 Å². The number of likely N-dealkylation sites (tertiary alicyclic amines) is 1. The normalized spacial score (nSPS) is 20.1. The Morgan fingerprint density at radius 3 is 2.74 bits per heavy atom. The van der Waals surface area contributed by atoms with Crippen LogP contribution in [0.25, 0.3) is 0 Å². The van der Waals surface area contributed by atoms with Crippen LogP contribution >= 0.6 is 0 Å². The molecule has 4 atom stereocenters. The first-order valence-corrected chi connectivity index (χ1v) is 8.79. The molecule has 1 aromatic rings. The molecule has 1 aromatic heterocycles. The summed E-state index contributed by atoms with van der Waals surface area (Å²) in [6, 6.07) is -2.52. The molecule has 4 unspecified atom stereocenters. The molecule has 0 bridgehead atoms. The minimum absolute atomic E-state index is 0.0433. The molecule has 8 N–H and O–H groups in total. The predicted octanol–water partition coefficient (Wildman–Crippen LogP) is -2.10. The van der Waals surface area contributed by atoms with Gasteiger partial charge in [0.25, 0.3) is 0 Å². The lowest BCUT2D eigenvalue weighted by atomic mass is 10.1. The van der Waals surface area contributed by atoms with Gasteiger partial charge in [-0.05, 0) is 19.3 Å². The highest BCUT2D eigenvalue weighted by Crippen LogP contribution is 2.20. The lowest BCUT2D eigenvalue weighted by Crippen LogP contribution is -2.56. The summed E-state index contributed by atoms with van der Waals surface area (Å²) in [7, 11) is 0. The van der Waals surface area contributed by atoms with Crippen LogP contribution in [-0.2, 0) is 20.8 Å². The van der Waals surface area contributed by atoms with Crippen LogP contribution in [0.15, 0.2) is 12.5 Å². The van der Waals surface area contributed by atoms with Gasteiger partial charge in [-0.1, -0.05) is 0 Å². The second-order valence-electron chi connectivity index (χ2n) is 6.60. The van der Waals surface area contributed by atoms with Crippen molar-refractivity contribution < 1.29 is 24.6 Å². The van der Waals surface area contributed by atoms with Crippen LogP contribution in [0.2, 0.25) is 0 Å². The van der Waals surface area contributed by atoms with Crippen molar-refractivity contribution in [3.05, 3.63) is 18.2 Å². The number of H-pyrrole nitrogens is 1. The van der Waals surface area contributed by atoms with E-state index in [4.69, 9.17) is 16.6 Å². The fourth-order valence-corrected chi connectivity index (χ4v) is 3.12. The summed E-state index contributed by atoms with van der Waals surface area (Å²) < 4.78 is 0. The number of amides is 2. The van der Waals surface area contributed by atoms with E-state index in [0.717, 1.165) is 0 Å². The van der Waals surface area contributed by atoms with Gasteiger partial charge in [0.05, 0.1) is 24.1 Å². The molecule has 0 saturated carbocycles. The van der Waals surface area contributed by atoms with E-state index < -0.39 is 36.2 Å². The van der Waals surface area contributed by atoms with Crippen LogP contribution in [0.1, 0.15) is 31.4 Å². The summed E-state index contributed by atoms with van der Waals surface area (Å²) in [6.45, 7) is 0.426. The van der Waals surface area contributed by atoms with Crippen molar-refractivity contribution in [1.29, 1.82) is 0 Å². The molecular weight excluding hydrogens is 356 g/mol. The fraction of sp³-hybridized carbons (Fsp3) is 0.625. The Bertz CT molecular complexity index is 650. The molecule has 0 radical (unpaired) electrons. The van der Waals surface area contributed by atoms with E-state index in [9.17, 15) is 19.5 Å². The van der Waals surface area contributed by atoms with Gasteiger partial charge < -0.3 is 36.9 Å². The minimum Gasteiger partial charge on any atom is -0.481 e. The number of hydrogen-bond acceptors (Lipinski definition) is 7. The highest BCUT2D eigenvalue weighted by atomic mass is 16.4. The maximum Gasteiger partial charge on any atom is 0.303 e. The first kappa shape index (κ1) is 20.8. The highest BCUT2D eigenvalue weighted by Gasteiger charge is 2.37. The fourth-order valence-electron chi connectivity index (χ4n) is 3.12. The number of carbonyl (C=O) groups is 3. The van der Waals surface area contributed by atoms with E-state index >= 15 is 0 Å². The number of nitrogens with two attached hydrogens (primary N) is 2. The Morgan fingerprint density at radius 1 is 1.41 bits per heavy atom. The van der Waals surface area contributed by atoms with E-state index in [-0.39, 0.29) is 25.2 Å². The molecule has 1 aliphatic rings. The maximum atomic E-state index is 13.0. The Hall–Kier alpha value is -2.50. The van der Waals surface area contributed by atoms with Crippen molar-refractivity contribution in [2.75, 3.05) is 6.54 Å². The smallest absolute Gasteiger partial charge is 0.303 e. The predicted molar refractivity (Wildman–Crippen MR) is 94.0 cm³/mol. The third-order valence-corrected chi connectivity index (χ3v) is 4.57. The summed E-state index contributed by atoms with van der Waals surface area (Å²) in [5.74, 6) is -2.06. The van der Waals surface area contributed by atoms with E-state index in [1.165, 1.54) is 11.2 Å². The Labute approximate surface area is 156 Å². The Balaban J connectivity index is 2.09. The summed E-state index contributed by atoms with van der Waals surface area (Å²) in [4.78, 5) is 44.3. The van der Waals surface area contributed by atoms with Gasteiger partial charge in [-0.25, -0.2) is 4.98 Å². The molecule has 1 fully saturated rings. The second-order valence-corrected chi connectivity index (χ2v) is 6.60. The number of carboxylic acid groups (broad SMARTS) is 1. The third-order valence-electron chi connectivity index (χ3n) is 4.57. The van der Waals surface area contributed by atoms with Crippen LogP contribution in [0.3, 0.4) is 0 Å². The van der Waals surface area contributed by atoms with Crippen molar-refractivity contribution in [3.63, 3.8) is 0 Å². The number of aliphatic carboxylic acids is 1. The van der Waals surface area contributed by atoms with Crippen molar-refractivity contribution in [1.82, 2.24) is 20.2 Å². The number of hydrogen-bond donors (Lipinski definition) is 6. The molecule has 11 heteroatoms. The zero-order valence-corrected chi connectivity index (χ0v) is 14.9. The summed E-state index contributed by atoms with van der Waals surface area (Å²) in [6.07, 6.45) is 3.00. The first-order chi connectivity index (χ1) is 12.8. The van der Waals surface area contributed by atoms with Crippen LogP contribution in [0.5, 0.6) is 0 Å². The summed E-state index contributed by atoms with van der Waals surface area (Å²) >= 11 is 0. The molecular formula is C16H26N6O5. The van der Waals surface area contributed by atoms with Gasteiger partial charge in [-0.15, -0.1) is 0 Å². The van der Waals surface area contributed by atoms with Crippen molar-refractivity contribution >= 4 is 17.8 Å². The molecule has 2 rings (SSSR count). The number of rotatable bonds is 9. The standard InChI is InChI=1S/C16H26N6O5/c17-10(3-4-13(23)24)15(26)21-11(6-9-7-19-8-20-9)16(27)22-5-1-2-12(22)14(18)25/h7-8,10-12,14,25H,1-6,17-18H2,(H,19,20)(H,21,26)(H,23,24). The Morgan fingerprint density at radius 2 is 2.15 bits per heavy atom. The second kappa shape index (κ2) is 9.44. The number of nitrogens with one attached hydrogen (secondary N) is 2. The van der Waals surface area contributed by atoms with Gasteiger partial charge in [0, 0.05) is 25.6 Å². The van der Waals surface area contributed by atoms with Crippen LogP contribution < -0.4 is 16.8 Å². The van der Waals surface area contributed by atoms with E-state index in [0.29, 0.717) is 25.1 Å². The van der Waals surface area contributed by atoms with Gasteiger partial charge in [0.1, 0.15) is 12.3 Å². The number of aliphatic hydroxyl groups excluding tert-OH is 1. The number of aromatic amines is 1. The SMILES string of the molecule is NC(CCC(=O)O)C(=O)NC(Cc1c[nH]cn1)C(=O)N1CCCC1C(N)O. The largest absolute Gasteiger partial charge is 0.481 e. The zero-order valence-electron chi connectivity index (χ0n) is 14.9. The molecule has 2 heterocycles. The molecule has 0 spiro atoms. The van der Waals surface area contributed by atoms with Crippen molar-refractivity contribution in [3.8, 4) is 0 Å². The molecule has 11 nitrogen and oxygen atoms in total. The highest BCUT2D eigenvalue weighted by molar-refractivity contribution is 5.90. The van der Waals surface area contributed by atoms with Crippen LogP contribution in [0, 0.1) is 0 Å². The number of aliphatic hydroxyl groups is 1. The molecule has 27 heavy (non-hydrogen) atoms. The van der Waals surface area contributed by atoms with Gasteiger partial charge in [-0.2, -0.15) is 0 Å². The minimum atomic E-state index is -1.17. The Kier molecular flexibility index (Phi) is 7.28. The molecule has 2 amide bonds. The van der Waals surface area contributed by atoms with Crippen LogP contribution in [-0.4, -0.2) is 73.8 Å². The number of imidazole rings is 1. The van der Waals surface area contributed by atoms with Crippen molar-refractivity contribution in [2.24, 2.45) is 11.5 Å². The topological polar surface area (TPSA) is 188 Å².